The molecule has 2 rings (SSSR count). The Labute approximate surface area is 97.8 Å². The first-order valence-electron chi connectivity index (χ1n) is 6.53. The fraction of sp³-hybridized carbons (Fsp3) is 0.923. The number of hydrogen-bond donors (Lipinski definition) is 1. The molecule has 0 aromatic carbocycles. The molecule has 3 nitrogen and oxygen atoms in total. The van der Waals surface area contributed by atoms with Crippen LogP contribution in [0.2, 0.25) is 0 Å². The van der Waals surface area contributed by atoms with Gasteiger partial charge in [-0.05, 0) is 33.1 Å². The predicted molar refractivity (Wildman–Crippen MR) is 63.0 cm³/mol. The molecule has 2 fully saturated rings. The monoisotopic (exact) mass is 225 g/mol. The van der Waals surface area contributed by atoms with E-state index in [0.717, 1.165) is 25.8 Å². The first-order valence-corrected chi connectivity index (χ1v) is 6.53. The molecule has 0 aromatic heterocycles. The zero-order valence-electron chi connectivity index (χ0n) is 10.4. The smallest absolute Gasteiger partial charge is 0.226 e. The third-order valence-electron chi connectivity index (χ3n) is 4.36. The number of carbonyl (C=O) groups excluding carboxylic acids is 1. The minimum atomic E-state index is -0.367. The molecule has 1 aliphatic carbocycles. The van der Waals surface area contributed by atoms with Gasteiger partial charge in [0.05, 0.1) is 11.6 Å². The molecule has 0 bridgehead atoms. The predicted octanol–water partition coefficient (Wildman–Crippen LogP) is 1.94. The number of hydrogen-bond acceptors (Lipinski definition) is 2. The van der Waals surface area contributed by atoms with Crippen LogP contribution in [-0.4, -0.2) is 34.1 Å². The molecule has 0 radical (unpaired) electrons. The van der Waals surface area contributed by atoms with Crippen molar-refractivity contribution in [2.75, 3.05) is 6.54 Å². The van der Waals surface area contributed by atoms with E-state index in [-0.39, 0.29) is 23.5 Å². The second kappa shape index (κ2) is 4.36. The maximum absolute atomic E-state index is 12.4. The molecule has 16 heavy (non-hydrogen) atoms. The van der Waals surface area contributed by atoms with Crippen molar-refractivity contribution in [3.8, 4) is 0 Å². The molecule has 1 aliphatic heterocycles. The Bertz CT molecular complexity index is 269. The normalized spacial score (nSPS) is 30.7. The maximum atomic E-state index is 12.4. The van der Waals surface area contributed by atoms with E-state index in [1.54, 1.807) is 0 Å². The average molecular weight is 225 g/mol. The lowest BCUT2D eigenvalue weighted by atomic mass is 9.87. The third-order valence-corrected chi connectivity index (χ3v) is 4.36. The highest BCUT2D eigenvalue weighted by molar-refractivity contribution is 5.80. The summed E-state index contributed by atoms with van der Waals surface area (Å²) in [5, 5.41) is 9.88. The van der Waals surface area contributed by atoms with Crippen LogP contribution in [0.25, 0.3) is 0 Å². The zero-order chi connectivity index (χ0) is 11.8. The zero-order valence-corrected chi connectivity index (χ0v) is 10.4. The van der Waals surface area contributed by atoms with E-state index in [1.165, 1.54) is 19.3 Å². The Kier molecular flexibility index (Phi) is 3.24. The number of amides is 1. The van der Waals surface area contributed by atoms with Crippen LogP contribution in [0.15, 0.2) is 0 Å². The number of likely N-dealkylation sites (tertiary alicyclic amines) is 1. The summed E-state index contributed by atoms with van der Waals surface area (Å²) in [4.78, 5) is 14.3. The van der Waals surface area contributed by atoms with Gasteiger partial charge in [0.1, 0.15) is 0 Å². The maximum Gasteiger partial charge on any atom is 0.226 e. The standard InChI is InChI=1S/C13H23NO2/c1-13(2)11(15)8-9-14(13)12(16)10-6-4-3-5-7-10/h10-11,15H,3-9H2,1-2H3. The molecule has 1 heterocycles. The van der Waals surface area contributed by atoms with Crippen molar-refractivity contribution in [2.24, 2.45) is 5.92 Å². The largest absolute Gasteiger partial charge is 0.391 e. The number of aliphatic hydroxyl groups is 1. The van der Waals surface area contributed by atoms with E-state index in [0.29, 0.717) is 0 Å². The van der Waals surface area contributed by atoms with Gasteiger partial charge in [-0.25, -0.2) is 0 Å². The van der Waals surface area contributed by atoms with E-state index in [1.807, 2.05) is 18.7 Å². The van der Waals surface area contributed by atoms with Gasteiger partial charge in [-0.3, -0.25) is 4.79 Å². The summed E-state index contributed by atoms with van der Waals surface area (Å²) in [6, 6.07) is 0. The molecule has 1 saturated heterocycles. The average Bonchev–Trinajstić information content (AvgIpc) is 2.54. The lowest BCUT2D eigenvalue weighted by Crippen LogP contribution is -2.50. The van der Waals surface area contributed by atoms with E-state index in [2.05, 4.69) is 0 Å². The van der Waals surface area contributed by atoms with Gasteiger partial charge in [0.15, 0.2) is 0 Å². The second-order valence-corrected chi connectivity index (χ2v) is 5.78. The Morgan fingerprint density at radius 2 is 1.81 bits per heavy atom. The summed E-state index contributed by atoms with van der Waals surface area (Å²) < 4.78 is 0. The lowest BCUT2D eigenvalue weighted by molar-refractivity contribution is -0.141. The van der Waals surface area contributed by atoms with Gasteiger partial charge >= 0.3 is 0 Å². The highest BCUT2D eigenvalue weighted by atomic mass is 16.3. The molecule has 1 amide bonds. The Morgan fingerprint density at radius 3 is 2.31 bits per heavy atom. The van der Waals surface area contributed by atoms with Crippen molar-refractivity contribution >= 4 is 5.91 Å². The van der Waals surface area contributed by atoms with E-state index >= 15 is 0 Å². The van der Waals surface area contributed by atoms with Gasteiger partial charge in [0.25, 0.3) is 0 Å². The molecule has 3 heteroatoms. The molecular weight excluding hydrogens is 202 g/mol. The topological polar surface area (TPSA) is 40.5 Å². The highest BCUT2D eigenvalue weighted by Gasteiger charge is 2.44. The number of rotatable bonds is 1. The molecule has 1 saturated carbocycles. The number of carbonyl (C=O) groups is 1. The van der Waals surface area contributed by atoms with Crippen molar-refractivity contribution in [1.29, 1.82) is 0 Å². The number of aliphatic hydroxyl groups excluding tert-OH is 1. The van der Waals surface area contributed by atoms with Crippen molar-refractivity contribution < 1.29 is 9.90 Å². The van der Waals surface area contributed by atoms with Crippen molar-refractivity contribution in [1.82, 2.24) is 4.90 Å². The molecule has 2 aliphatic rings. The van der Waals surface area contributed by atoms with E-state index in [9.17, 15) is 9.90 Å². The fourth-order valence-electron chi connectivity index (χ4n) is 3.04. The van der Waals surface area contributed by atoms with Gasteiger partial charge in [-0.15, -0.1) is 0 Å². The van der Waals surface area contributed by atoms with Crippen molar-refractivity contribution in [3.63, 3.8) is 0 Å². The van der Waals surface area contributed by atoms with Crippen LogP contribution in [0.5, 0.6) is 0 Å². The second-order valence-electron chi connectivity index (χ2n) is 5.78. The minimum Gasteiger partial charge on any atom is -0.391 e. The summed E-state index contributed by atoms with van der Waals surface area (Å²) in [5.74, 6) is 0.500. The summed E-state index contributed by atoms with van der Waals surface area (Å²) in [6.07, 6.45) is 6.10. The van der Waals surface area contributed by atoms with Gasteiger partial charge in [-0.1, -0.05) is 19.3 Å². The SMILES string of the molecule is CC1(C)C(O)CCN1C(=O)C1CCCCC1. The first-order chi connectivity index (χ1) is 7.53. The van der Waals surface area contributed by atoms with Gasteiger partial charge < -0.3 is 10.0 Å². The van der Waals surface area contributed by atoms with Crippen LogP contribution in [-0.2, 0) is 4.79 Å². The number of nitrogens with zero attached hydrogens (tertiary/aromatic N) is 1. The molecule has 1 unspecified atom stereocenters. The molecule has 0 spiro atoms. The summed E-state index contributed by atoms with van der Waals surface area (Å²) >= 11 is 0. The van der Waals surface area contributed by atoms with Crippen LogP contribution < -0.4 is 0 Å². The Morgan fingerprint density at radius 1 is 1.19 bits per heavy atom. The molecule has 1 N–H and O–H groups in total. The van der Waals surface area contributed by atoms with Crippen LogP contribution >= 0.6 is 0 Å². The molecule has 1 atom stereocenters. The van der Waals surface area contributed by atoms with Crippen molar-refractivity contribution in [3.05, 3.63) is 0 Å². The summed E-state index contributed by atoms with van der Waals surface area (Å²) in [7, 11) is 0. The van der Waals surface area contributed by atoms with Crippen LogP contribution in [0.3, 0.4) is 0 Å². The van der Waals surface area contributed by atoms with Crippen LogP contribution in [0.4, 0.5) is 0 Å². The lowest BCUT2D eigenvalue weighted by Gasteiger charge is -2.37. The first kappa shape index (κ1) is 11.9. The van der Waals surface area contributed by atoms with Crippen LogP contribution in [0.1, 0.15) is 52.4 Å². The van der Waals surface area contributed by atoms with Crippen molar-refractivity contribution in [2.45, 2.75) is 64.0 Å². The third kappa shape index (κ3) is 1.97. The Balaban J connectivity index is 2.04. The van der Waals surface area contributed by atoms with E-state index < -0.39 is 0 Å². The van der Waals surface area contributed by atoms with Crippen LogP contribution in [0, 0.1) is 5.92 Å². The summed E-state index contributed by atoms with van der Waals surface area (Å²) in [6.45, 7) is 4.68. The van der Waals surface area contributed by atoms with Gasteiger partial charge in [-0.2, -0.15) is 0 Å². The summed E-state index contributed by atoms with van der Waals surface area (Å²) in [5.41, 5.74) is -0.367. The fourth-order valence-corrected chi connectivity index (χ4v) is 3.04. The quantitative estimate of drug-likeness (QED) is 0.741. The van der Waals surface area contributed by atoms with E-state index in [4.69, 9.17) is 0 Å². The van der Waals surface area contributed by atoms with Gasteiger partial charge in [0, 0.05) is 12.5 Å². The molecule has 92 valence electrons. The highest BCUT2D eigenvalue weighted by Crippen LogP contribution is 2.33. The molecular formula is C13H23NO2. The minimum absolute atomic E-state index is 0.221. The van der Waals surface area contributed by atoms with Gasteiger partial charge in [0.2, 0.25) is 5.91 Å². The Hall–Kier alpha value is -0.570. The molecule has 0 aromatic rings.